The Balaban J connectivity index is 1.95. The molecule has 0 saturated heterocycles. The highest BCUT2D eigenvalue weighted by Crippen LogP contribution is 2.20. The zero-order valence-electron chi connectivity index (χ0n) is 10.3. The molecule has 19 heavy (non-hydrogen) atoms. The molecule has 6 nitrogen and oxygen atoms in total. The van der Waals surface area contributed by atoms with E-state index in [1.807, 2.05) is 11.6 Å². The molecule has 0 aliphatic heterocycles. The number of aromatic nitrogens is 3. The fraction of sp³-hybridized carbons (Fsp3) is 0.250. The Bertz CT molecular complexity index is 597. The first-order valence-corrected chi connectivity index (χ1v) is 6.05. The van der Waals surface area contributed by atoms with Crippen LogP contribution in [0.15, 0.2) is 24.5 Å². The molecular formula is C12H13ClN4O2. The number of hydrogen-bond acceptors (Lipinski definition) is 4. The molecule has 0 saturated carbocycles. The Labute approximate surface area is 115 Å². The summed E-state index contributed by atoms with van der Waals surface area (Å²) in [6.45, 7) is 0.662. The van der Waals surface area contributed by atoms with Crippen LogP contribution in [0.5, 0.6) is 0 Å². The van der Waals surface area contributed by atoms with Gasteiger partial charge in [-0.3, -0.25) is 0 Å². The number of hydrogen-bond donors (Lipinski definition) is 2. The van der Waals surface area contributed by atoms with Crippen molar-refractivity contribution in [1.29, 1.82) is 0 Å². The molecule has 0 fully saturated rings. The quantitative estimate of drug-likeness (QED) is 0.873. The maximum atomic E-state index is 10.8. The summed E-state index contributed by atoms with van der Waals surface area (Å²) in [6, 6.07) is 4.77. The van der Waals surface area contributed by atoms with Crippen molar-refractivity contribution < 1.29 is 9.90 Å². The summed E-state index contributed by atoms with van der Waals surface area (Å²) >= 11 is 5.88. The number of nitrogens with zero attached hydrogens (tertiary/aromatic N) is 3. The lowest BCUT2D eigenvalue weighted by Gasteiger charge is -2.07. The van der Waals surface area contributed by atoms with Gasteiger partial charge in [0.05, 0.1) is 10.6 Å². The topological polar surface area (TPSA) is 80.0 Å². The highest BCUT2D eigenvalue weighted by Gasteiger charge is 2.08. The highest BCUT2D eigenvalue weighted by atomic mass is 35.5. The molecule has 1 aromatic heterocycles. The molecule has 0 spiro atoms. The molecule has 0 amide bonds. The lowest BCUT2D eigenvalue weighted by atomic mass is 10.2. The van der Waals surface area contributed by atoms with Crippen molar-refractivity contribution in [1.82, 2.24) is 14.8 Å². The van der Waals surface area contributed by atoms with Crippen LogP contribution in [0.25, 0.3) is 0 Å². The van der Waals surface area contributed by atoms with E-state index in [0.717, 1.165) is 17.9 Å². The van der Waals surface area contributed by atoms with Crippen molar-refractivity contribution >= 4 is 23.3 Å². The second-order valence-corrected chi connectivity index (χ2v) is 4.44. The third kappa shape index (κ3) is 3.23. The van der Waals surface area contributed by atoms with E-state index in [4.69, 9.17) is 16.7 Å². The number of aromatic carboxylic acids is 1. The molecule has 1 heterocycles. The second-order valence-electron chi connectivity index (χ2n) is 4.03. The zero-order chi connectivity index (χ0) is 13.8. The van der Waals surface area contributed by atoms with Crippen molar-refractivity contribution in [3.05, 3.63) is 40.9 Å². The number of carbonyl (C=O) groups is 1. The average molecular weight is 281 g/mol. The fourth-order valence-electron chi connectivity index (χ4n) is 1.65. The summed E-state index contributed by atoms with van der Waals surface area (Å²) in [5.74, 6) is -0.156. The maximum absolute atomic E-state index is 10.8. The summed E-state index contributed by atoms with van der Waals surface area (Å²) in [5.41, 5.74) is 0.873. The molecule has 2 rings (SSSR count). The Morgan fingerprint density at radius 2 is 2.32 bits per heavy atom. The number of carboxylic acids is 1. The lowest BCUT2D eigenvalue weighted by Crippen LogP contribution is -2.09. The number of carboxylic acid groups (broad SMARTS) is 1. The molecule has 0 bridgehead atoms. The molecule has 7 heteroatoms. The van der Waals surface area contributed by atoms with E-state index in [2.05, 4.69) is 15.5 Å². The van der Waals surface area contributed by atoms with Gasteiger partial charge in [-0.25, -0.2) is 4.79 Å². The standard InChI is InChI=1S/C12H13ClN4O2/c1-17-7-15-16-11(17)4-5-14-8-2-3-9(12(18)19)10(13)6-8/h2-3,6-7,14H,4-5H2,1H3,(H,18,19). The molecule has 100 valence electrons. The van der Waals surface area contributed by atoms with Gasteiger partial charge in [0.25, 0.3) is 0 Å². The van der Waals surface area contributed by atoms with E-state index in [1.165, 1.54) is 6.07 Å². The zero-order valence-corrected chi connectivity index (χ0v) is 11.1. The molecule has 0 atom stereocenters. The smallest absolute Gasteiger partial charge is 0.337 e. The third-order valence-corrected chi connectivity index (χ3v) is 3.00. The van der Waals surface area contributed by atoms with Gasteiger partial charge in [-0.2, -0.15) is 0 Å². The van der Waals surface area contributed by atoms with E-state index in [9.17, 15) is 4.79 Å². The summed E-state index contributed by atoms with van der Waals surface area (Å²) < 4.78 is 1.85. The van der Waals surface area contributed by atoms with Gasteiger partial charge in [0.1, 0.15) is 12.2 Å². The molecular weight excluding hydrogens is 268 g/mol. The van der Waals surface area contributed by atoms with Crippen LogP contribution >= 0.6 is 11.6 Å². The Morgan fingerprint density at radius 1 is 1.53 bits per heavy atom. The van der Waals surface area contributed by atoms with Crippen molar-refractivity contribution in [2.75, 3.05) is 11.9 Å². The molecule has 1 aromatic carbocycles. The molecule has 0 unspecified atom stereocenters. The van der Waals surface area contributed by atoms with Gasteiger partial charge in [-0.05, 0) is 18.2 Å². The summed E-state index contributed by atoms with van der Waals surface area (Å²) in [7, 11) is 1.88. The Morgan fingerprint density at radius 3 is 2.89 bits per heavy atom. The minimum Gasteiger partial charge on any atom is -0.478 e. The van der Waals surface area contributed by atoms with Crippen LogP contribution in [0.4, 0.5) is 5.69 Å². The molecule has 0 aliphatic rings. The van der Waals surface area contributed by atoms with Gasteiger partial charge in [0, 0.05) is 25.7 Å². The van der Waals surface area contributed by atoms with Gasteiger partial charge >= 0.3 is 5.97 Å². The van der Waals surface area contributed by atoms with Crippen molar-refractivity contribution in [3.63, 3.8) is 0 Å². The number of benzene rings is 1. The number of halogens is 1. The Hall–Kier alpha value is -2.08. The maximum Gasteiger partial charge on any atom is 0.337 e. The van der Waals surface area contributed by atoms with Crippen LogP contribution in [0.3, 0.4) is 0 Å². The van der Waals surface area contributed by atoms with E-state index in [-0.39, 0.29) is 10.6 Å². The summed E-state index contributed by atoms with van der Waals surface area (Å²) in [5, 5.41) is 20.0. The van der Waals surface area contributed by atoms with Gasteiger partial charge in [-0.1, -0.05) is 11.6 Å². The first kappa shape index (κ1) is 13.4. The first-order valence-electron chi connectivity index (χ1n) is 5.67. The minimum atomic E-state index is -1.03. The predicted molar refractivity (Wildman–Crippen MR) is 71.6 cm³/mol. The number of anilines is 1. The summed E-state index contributed by atoms with van der Waals surface area (Å²) in [6.07, 6.45) is 2.36. The van der Waals surface area contributed by atoms with Crippen LogP contribution in [0.2, 0.25) is 5.02 Å². The monoisotopic (exact) mass is 280 g/mol. The number of rotatable bonds is 5. The second kappa shape index (κ2) is 5.71. The molecule has 2 aromatic rings. The van der Waals surface area contributed by atoms with Gasteiger partial charge in [-0.15, -0.1) is 10.2 Å². The van der Waals surface area contributed by atoms with Gasteiger partial charge in [0.2, 0.25) is 0 Å². The van der Waals surface area contributed by atoms with Gasteiger partial charge < -0.3 is 15.0 Å². The fourth-order valence-corrected chi connectivity index (χ4v) is 1.91. The van der Waals surface area contributed by atoms with E-state index in [0.29, 0.717) is 6.54 Å². The van der Waals surface area contributed by atoms with Crippen molar-refractivity contribution in [2.24, 2.45) is 7.05 Å². The van der Waals surface area contributed by atoms with Crippen LogP contribution < -0.4 is 5.32 Å². The van der Waals surface area contributed by atoms with Crippen molar-refractivity contribution in [2.45, 2.75) is 6.42 Å². The predicted octanol–water partition coefficient (Wildman–Crippen LogP) is 1.82. The molecule has 0 aliphatic carbocycles. The first-order chi connectivity index (χ1) is 9.08. The molecule has 0 radical (unpaired) electrons. The minimum absolute atomic E-state index is 0.0977. The summed E-state index contributed by atoms with van der Waals surface area (Å²) in [4.78, 5) is 10.8. The number of nitrogens with one attached hydrogen (secondary N) is 1. The van der Waals surface area contributed by atoms with E-state index < -0.39 is 5.97 Å². The van der Waals surface area contributed by atoms with Crippen LogP contribution in [-0.4, -0.2) is 32.4 Å². The Kier molecular flexibility index (Phi) is 4.01. The third-order valence-electron chi connectivity index (χ3n) is 2.68. The number of aryl methyl sites for hydroxylation is 1. The largest absolute Gasteiger partial charge is 0.478 e. The van der Waals surface area contributed by atoms with E-state index >= 15 is 0 Å². The van der Waals surface area contributed by atoms with Crippen molar-refractivity contribution in [3.8, 4) is 0 Å². The van der Waals surface area contributed by atoms with E-state index in [1.54, 1.807) is 18.5 Å². The SMILES string of the molecule is Cn1cnnc1CCNc1ccc(C(=O)O)c(Cl)c1. The van der Waals surface area contributed by atoms with Crippen LogP contribution in [-0.2, 0) is 13.5 Å². The average Bonchev–Trinajstić information content (AvgIpc) is 2.75. The highest BCUT2D eigenvalue weighted by molar-refractivity contribution is 6.33. The lowest BCUT2D eigenvalue weighted by molar-refractivity contribution is 0.0697. The van der Waals surface area contributed by atoms with Crippen LogP contribution in [0, 0.1) is 0 Å². The molecule has 2 N–H and O–H groups in total. The van der Waals surface area contributed by atoms with Gasteiger partial charge in [0.15, 0.2) is 0 Å². The van der Waals surface area contributed by atoms with Crippen LogP contribution in [0.1, 0.15) is 16.2 Å². The normalized spacial score (nSPS) is 10.4.